The third-order valence-corrected chi connectivity index (χ3v) is 2.20. The summed E-state index contributed by atoms with van der Waals surface area (Å²) >= 11 is 0. The molecule has 1 aliphatic rings. The summed E-state index contributed by atoms with van der Waals surface area (Å²) in [5, 5.41) is 9.25. The summed E-state index contributed by atoms with van der Waals surface area (Å²) < 4.78 is 0. The number of β-amino-alcohol motifs (C(OH)–C–C–N with tert-alkyl or cyclic N) is 1. The fourth-order valence-electron chi connectivity index (χ4n) is 1.53. The van der Waals surface area contributed by atoms with Gasteiger partial charge in [-0.15, -0.1) is 25.2 Å². The van der Waals surface area contributed by atoms with Gasteiger partial charge in [0.1, 0.15) is 0 Å². The largest absolute Gasteiger partial charge is 0.391 e. The van der Waals surface area contributed by atoms with Gasteiger partial charge < -0.3 is 10.0 Å². The number of hydrogen-bond acceptors (Lipinski definition) is 2. The predicted molar refractivity (Wildman–Crippen MR) is 87.0 cm³/mol. The Hall–Kier alpha value is -1.45. The Morgan fingerprint density at radius 2 is 1.75 bits per heavy atom. The van der Waals surface area contributed by atoms with Crippen molar-refractivity contribution >= 4 is 5.91 Å². The number of rotatable bonds is 1. The number of likely N-dealkylation sites (tertiary alicyclic amines) is 1. The molecular formula is C17H31NO2. The Labute approximate surface area is 125 Å². The van der Waals surface area contributed by atoms with E-state index in [9.17, 15) is 9.90 Å². The Morgan fingerprint density at radius 3 is 2.00 bits per heavy atom. The number of hydrogen-bond donors (Lipinski definition) is 1. The van der Waals surface area contributed by atoms with Crippen LogP contribution in [-0.2, 0) is 4.79 Å². The van der Waals surface area contributed by atoms with E-state index in [1.165, 1.54) is 0 Å². The third-order valence-electron chi connectivity index (χ3n) is 2.20. The summed E-state index contributed by atoms with van der Waals surface area (Å²) in [6.07, 6.45) is 13.6. The molecule has 0 aromatic heterocycles. The van der Waals surface area contributed by atoms with E-state index in [4.69, 9.17) is 0 Å². The molecule has 1 rings (SSSR count). The third kappa shape index (κ3) is 14.6. The average molecular weight is 281 g/mol. The minimum absolute atomic E-state index is 0.0463. The minimum atomic E-state index is -0.302. The maximum absolute atomic E-state index is 11.6. The molecule has 1 aliphatic heterocycles. The highest BCUT2D eigenvalue weighted by Crippen LogP contribution is 2.21. The number of carbonyl (C=O) groups is 1. The zero-order valence-electron chi connectivity index (χ0n) is 13.9. The van der Waals surface area contributed by atoms with Gasteiger partial charge in [0.15, 0.2) is 0 Å². The van der Waals surface area contributed by atoms with Crippen LogP contribution in [0.25, 0.3) is 0 Å². The molecule has 1 heterocycles. The summed E-state index contributed by atoms with van der Waals surface area (Å²) in [5.74, 6) is 2.42. The molecule has 0 aromatic rings. The quantitative estimate of drug-likeness (QED) is 0.751. The van der Waals surface area contributed by atoms with Crippen LogP contribution >= 0.6 is 0 Å². The van der Waals surface area contributed by atoms with Crippen LogP contribution in [0.15, 0.2) is 0 Å². The first kappa shape index (κ1) is 23.6. The van der Waals surface area contributed by atoms with Crippen LogP contribution < -0.4 is 0 Å². The van der Waals surface area contributed by atoms with Crippen molar-refractivity contribution < 1.29 is 9.90 Å². The lowest BCUT2D eigenvalue weighted by Gasteiger charge is -2.22. The van der Waals surface area contributed by atoms with Gasteiger partial charge in [-0.3, -0.25) is 4.79 Å². The summed E-state index contributed by atoms with van der Waals surface area (Å²) in [6, 6.07) is 0. The summed E-state index contributed by atoms with van der Waals surface area (Å²) in [6.45, 7) is 13.1. The predicted octanol–water partition coefficient (Wildman–Crippen LogP) is 2.93. The van der Waals surface area contributed by atoms with Gasteiger partial charge in [0.05, 0.1) is 6.10 Å². The average Bonchev–Trinajstić information content (AvgIpc) is 2.80. The monoisotopic (exact) mass is 281 g/mol. The maximum Gasteiger partial charge on any atom is 0.223 e. The van der Waals surface area contributed by atoms with Gasteiger partial charge in [-0.25, -0.2) is 0 Å². The number of nitrogens with zero attached hydrogens (tertiary/aromatic N) is 1. The zero-order valence-corrected chi connectivity index (χ0v) is 13.9. The molecule has 0 radical (unpaired) electrons. The van der Waals surface area contributed by atoms with Gasteiger partial charge in [-0.05, 0) is 18.8 Å². The van der Waals surface area contributed by atoms with E-state index in [0.717, 1.165) is 13.0 Å². The Morgan fingerprint density at radius 1 is 1.35 bits per heavy atom. The number of carbonyl (C=O) groups excluding carboxylic acids is 1. The van der Waals surface area contributed by atoms with Crippen LogP contribution in [0.2, 0.25) is 0 Å². The van der Waals surface area contributed by atoms with E-state index >= 15 is 0 Å². The fourth-order valence-corrected chi connectivity index (χ4v) is 1.53. The van der Waals surface area contributed by atoms with Crippen molar-refractivity contribution in [2.24, 2.45) is 5.41 Å². The molecule has 0 saturated carbocycles. The standard InChI is InChI=1S/C10H19NO2.C3H4.C2H6.C2H2/c1-10(2,3)6-9(13)11-5-4-8(12)7-11;1-3-2;2*1-2/h8,12H,4-7H2,1-3H3;1H,2H3;1-2H3;1-2H/t8-;;;/m1.../s1. The van der Waals surface area contributed by atoms with E-state index in [1.54, 1.807) is 11.8 Å². The van der Waals surface area contributed by atoms with Gasteiger partial charge in [-0.2, -0.15) is 0 Å². The summed E-state index contributed by atoms with van der Waals surface area (Å²) in [5.41, 5.74) is 0.0463. The molecule has 0 spiro atoms. The maximum atomic E-state index is 11.6. The lowest BCUT2D eigenvalue weighted by Crippen LogP contribution is -2.32. The molecule has 1 fully saturated rings. The van der Waals surface area contributed by atoms with Crippen molar-refractivity contribution in [3.05, 3.63) is 0 Å². The van der Waals surface area contributed by atoms with Crippen LogP contribution in [0, 0.1) is 30.6 Å². The Kier molecular flexibility index (Phi) is 16.5. The van der Waals surface area contributed by atoms with Crippen LogP contribution in [-0.4, -0.2) is 35.1 Å². The highest BCUT2D eigenvalue weighted by atomic mass is 16.3. The molecular weight excluding hydrogens is 250 g/mol. The highest BCUT2D eigenvalue weighted by molar-refractivity contribution is 5.77. The molecule has 3 heteroatoms. The summed E-state index contributed by atoms with van der Waals surface area (Å²) in [4.78, 5) is 13.4. The highest BCUT2D eigenvalue weighted by Gasteiger charge is 2.27. The van der Waals surface area contributed by atoms with Crippen LogP contribution in [0.5, 0.6) is 0 Å². The molecule has 1 saturated heterocycles. The molecule has 1 amide bonds. The van der Waals surface area contributed by atoms with Crippen molar-refractivity contribution in [1.29, 1.82) is 0 Å². The number of aliphatic hydroxyl groups excluding tert-OH is 1. The smallest absolute Gasteiger partial charge is 0.223 e. The van der Waals surface area contributed by atoms with Gasteiger partial charge in [0.25, 0.3) is 0 Å². The van der Waals surface area contributed by atoms with E-state index < -0.39 is 0 Å². The number of aliphatic hydroxyl groups is 1. The van der Waals surface area contributed by atoms with Crippen molar-refractivity contribution in [2.45, 2.75) is 60.5 Å². The molecule has 0 aliphatic carbocycles. The minimum Gasteiger partial charge on any atom is -0.391 e. The first-order valence-corrected chi connectivity index (χ1v) is 6.96. The molecule has 3 nitrogen and oxygen atoms in total. The molecule has 1 N–H and O–H groups in total. The SMILES string of the molecule is C#C.C#CC.CC.CC(C)(C)CC(=O)N1CC[C@@H](O)C1. The zero-order chi connectivity index (χ0) is 16.8. The van der Waals surface area contributed by atoms with Crippen LogP contribution in [0.4, 0.5) is 0 Å². The molecule has 116 valence electrons. The first-order valence-electron chi connectivity index (χ1n) is 6.96. The molecule has 20 heavy (non-hydrogen) atoms. The summed E-state index contributed by atoms with van der Waals surface area (Å²) in [7, 11) is 0. The second kappa shape index (κ2) is 14.0. The Balaban J connectivity index is -0.000000355. The van der Waals surface area contributed by atoms with E-state index in [2.05, 4.69) is 46.0 Å². The van der Waals surface area contributed by atoms with Crippen molar-refractivity contribution in [1.82, 2.24) is 4.90 Å². The number of terminal acetylenes is 2. The lowest BCUT2D eigenvalue weighted by atomic mass is 9.92. The molecule has 0 unspecified atom stereocenters. The van der Waals surface area contributed by atoms with Crippen molar-refractivity contribution in [3.63, 3.8) is 0 Å². The van der Waals surface area contributed by atoms with E-state index in [-0.39, 0.29) is 17.4 Å². The fraction of sp³-hybridized carbons (Fsp3) is 0.706. The van der Waals surface area contributed by atoms with Gasteiger partial charge in [0.2, 0.25) is 5.91 Å². The topological polar surface area (TPSA) is 40.5 Å². The molecule has 1 atom stereocenters. The first-order chi connectivity index (χ1) is 9.30. The van der Waals surface area contributed by atoms with Crippen molar-refractivity contribution in [2.75, 3.05) is 13.1 Å². The van der Waals surface area contributed by atoms with E-state index in [0.29, 0.717) is 13.0 Å². The molecule has 0 aromatic carbocycles. The normalized spacial score (nSPS) is 16.2. The number of amides is 1. The van der Waals surface area contributed by atoms with Crippen LogP contribution in [0.3, 0.4) is 0 Å². The van der Waals surface area contributed by atoms with Crippen molar-refractivity contribution in [3.8, 4) is 25.2 Å². The van der Waals surface area contributed by atoms with Gasteiger partial charge in [0, 0.05) is 19.5 Å². The second-order valence-corrected chi connectivity index (χ2v) is 5.31. The van der Waals surface area contributed by atoms with Crippen LogP contribution in [0.1, 0.15) is 54.4 Å². The van der Waals surface area contributed by atoms with E-state index in [1.807, 2.05) is 13.8 Å². The lowest BCUT2D eigenvalue weighted by molar-refractivity contribution is -0.132. The van der Waals surface area contributed by atoms with Gasteiger partial charge >= 0.3 is 0 Å². The van der Waals surface area contributed by atoms with Gasteiger partial charge in [-0.1, -0.05) is 34.6 Å². The molecule has 0 bridgehead atoms. The Bertz CT molecular complexity index is 294. The second-order valence-electron chi connectivity index (χ2n) is 5.31.